The zero-order valence-electron chi connectivity index (χ0n) is 14.2. The van der Waals surface area contributed by atoms with Gasteiger partial charge in [0, 0.05) is 28.1 Å². The largest absolute Gasteiger partial charge is 0.326 e. The smallest absolute Gasteiger partial charge is 0.258 e. The van der Waals surface area contributed by atoms with Gasteiger partial charge in [0.25, 0.3) is 5.91 Å². The molecule has 27 heavy (non-hydrogen) atoms. The average molecular weight is 427 g/mol. The molecule has 1 aromatic heterocycles. The number of halogens is 2. The lowest BCUT2D eigenvalue weighted by atomic mass is 10.2. The highest BCUT2D eigenvalue weighted by Crippen LogP contribution is 2.14. The standard InChI is InChI=1S/C20H16BrFN4O/c21-16-6-8-18(9-7-16)25-20(24-13-14-3-2-10-23-12-14)26-19(27)15-4-1-5-17(22)11-15/h1-12H,13H2,(H2,24,25,26,27). The Bertz CT molecular complexity index is 946. The summed E-state index contributed by atoms with van der Waals surface area (Å²) >= 11 is 3.38. The molecule has 0 fully saturated rings. The second kappa shape index (κ2) is 9.05. The van der Waals surface area contributed by atoms with Crippen LogP contribution in [0.4, 0.5) is 10.1 Å². The van der Waals surface area contributed by atoms with E-state index in [9.17, 15) is 9.18 Å². The molecule has 0 aliphatic heterocycles. The third kappa shape index (κ3) is 5.72. The zero-order valence-corrected chi connectivity index (χ0v) is 15.8. The van der Waals surface area contributed by atoms with Crippen LogP contribution in [0.3, 0.4) is 0 Å². The van der Waals surface area contributed by atoms with Gasteiger partial charge in [-0.2, -0.15) is 0 Å². The van der Waals surface area contributed by atoms with E-state index in [1.165, 1.54) is 24.3 Å². The number of anilines is 1. The van der Waals surface area contributed by atoms with Gasteiger partial charge in [-0.1, -0.05) is 28.1 Å². The molecular weight excluding hydrogens is 411 g/mol. The summed E-state index contributed by atoms with van der Waals surface area (Å²) in [4.78, 5) is 20.9. The maximum absolute atomic E-state index is 13.4. The van der Waals surface area contributed by atoms with Crippen molar-refractivity contribution in [1.29, 1.82) is 0 Å². The fraction of sp³-hybridized carbons (Fsp3) is 0.0500. The van der Waals surface area contributed by atoms with Crippen molar-refractivity contribution >= 4 is 33.5 Å². The minimum absolute atomic E-state index is 0.210. The number of aromatic nitrogens is 1. The molecule has 1 amide bonds. The first-order valence-corrected chi connectivity index (χ1v) is 8.92. The molecule has 0 aliphatic carbocycles. The van der Waals surface area contributed by atoms with E-state index in [1.54, 1.807) is 12.4 Å². The van der Waals surface area contributed by atoms with Crippen molar-refractivity contribution < 1.29 is 9.18 Å². The van der Waals surface area contributed by atoms with Crippen LogP contribution in [0.1, 0.15) is 15.9 Å². The third-order valence-corrected chi connectivity index (χ3v) is 4.10. The van der Waals surface area contributed by atoms with Crippen LogP contribution >= 0.6 is 15.9 Å². The number of pyridine rings is 1. The van der Waals surface area contributed by atoms with Crippen LogP contribution in [-0.2, 0) is 6.54 Å². The third-order valence-electron chi connectivity index (χ3n) is 3.57. The van der Waals surface area contributed by atoms with Gasteiger partial charge < -0.3 is 5.32 Å². The minimum atomic E-state index is -0.475. The molecule has 3 rings (SSSR count). The van der Waals surface area contributed by atoms with Gasteiger partial charge in [0.15, 0.2) is 0 Å². The molecule has 5 nitrogen and oxygen atoms in total. The highest BCUT2D eigenvalue weighted by molar-refractivity contribution is 9.10. The van der Waals surface area contributed by atoms with E-state index in [1.807, 2.05) is 36.4 Å². The highest BCUT2D eigenvalue weighted by Gasteiger charge is 2.10. The van der Waals surface area contributed by atoms with E-state index in [0.717, 1.165) is 15.7 Å². The quantitative estimate of drug-likeness (QED) is 0.480. The molecular formula is C20H16BrFN4O. The number of carbonyl (C=O) groups excluding carboxylic acids is 1. The first kappa shape index (κ1) is 18.7. The molecule has 0 spiro atoms. The molecule has 2 aromatic carbocycles. The van der Waals surface area contributed by atoms with E-state index in [0.29, 0.717) is 6.54 Å². The van der Waals surface area contributed by atoms with Gasteiger partial charge in [-0.15, -0.1) is 0 Å². The molecule has 0 unspecified atom stereocenters. The summed E-state index contributed by atoms with van der Waals surface area (Å²) in [6, 6.07) is 16.6. The highest BCUT2D eigenvalue weighted by atomic mass is 79.9. The molecule has 0 bridgehead atoms. The van der Waals surface area contributed by atoms with Crippen molar-refractivity contribution in [1.82, 2.24) is 10.3 Å². The molecule has 0 aliphatic rings. The molecule has 2 N–H and O–H groups in total. The molecule has 3 aromatic rings. The van der Waals surface area contributed by atoms with E-state index in [4.69, 9.17) is 0 Å². The number of hydrogen-bond donors (Lipinski definition) is 2. The monoisotopic (exact) mass is 426 g/mol. The Kier molecular flexibility index (Phi) is 6.27. The Hall–Kier alpha value is -3.06. The number of aliphatic imine (C=N–C) groups is 1. The molecule has 0 saturated heterocycles. The Balaban J connectivity index is 1.79. The molecule has 7 heteroatoms. The molecule has 1 heterocycles. The fourth-order valence-electron chi connectivity index (χ4n) is 2.25. The van der Waals surface area contributed by atoms with Crippen LogP contribution in [0.5, 0.6) is 0 Å². The minimum Gasteiger partial charge on any atom is -0.326 e. The van der Waals surface area contributed by atoms with Crippen molar-refractivity contribution in [2.75, 3.05) is 5.32 Å². The van der Waals surface area contributed by atoms with Crippen molar-refractivity contribution in [3.8, 4) is 0 Å². The van der Waals surface area contributed by atoms with Crippen LogP contribution in [-0.4, -0.2) is 16.9 Å². The number of amides is 1. The lowest BCUT2D eigenvalue weighted by molar-refractivity contribution is 0.0976. The van der Waals surface area contributed by atoms with Gasteiger partial charge in [0.1, 0.15) is 5.82 Å². The number of carbonyl (C=O) groups is 1. The Morgan fingerprint density at radius 2 is 1.93 bits per heavy atom. The summed E-state index contributed by atoms with van der Waals surface area (Å²) in [6.07, 6.45) is 3.38. The SMILES string of the molecule is O=C(NC(=NCc1cccnc1)Nc1ccc(Br)cc1)c1cccc(F)c1. The summed E-state index contributed by atoms with van der Waals surface area (Å²) in [5.74, 6) is -0.670. The van der Waals surface area contributed by atoms with E-state index >= 15 is 0 Å². The predicted octanol–water partition coefficient (Wildman–Crippen LogP) is 4.38. The molecule has 0 atom stereocenters. The summed E-state index contributed by atoms with van der Waals surface area (Å²) in [6.45, 7) is 0.329. The van der Waals surface area contributed by atoms with E-state index in [-0.39, 0.29) is 11.5 Å². The number of nitrogens with zero attached hydrogens (tertiary/aromatic N) is 2. The lowest BCUT2D eigenvalue weighted by Crippen LogP contribution is -2.36. The zero-order chi connectivity index (χ0) is 19.1. The Labute approximate surface area is 164 Å². The normalized spacial score (nSPS) is 11.1. The number of rotatable bonds is 4. The summed E-state index contributed by atoms with van der Waals surface area (Å²) in [5, 5.41) is 5.77. The first-order chi connectivity index (χ1) is 13.1. The van der Waals surface area contributed by atoms with Crippen molar-refractivity contribution in [3.05, 3.63) is 94.5 Å². The second-order valence-electron chi connectivity index (χ2n) is 5.62. The van der Waals surface area contributed by atoms with Gasteiger partial charge in [0.05, 0.1) is 6.54 Å². The maximum atomic E-state index is 13.4. The van der Waals surface area contributed by atoms with Gasteiger partial charge >= 0.3 is 0 Å². The average Bonchev–Trinajstić information content (AvgIpc) is 2.68. The Morgan fingerprint density at radius 3 is 2.63 bits per heavy atom. The summed E-state index contributed by atoms with van der Waals surface area (Å²) in [5.41, 5.74) is 1.86. The van der Waals surface area contributed by atoms with Gasteiger partial charge in [-0.05, 0) is 54.1 Å². The van der Waals surface area contributed by atoms with Crippen LogP contribution in [0.15, 0.2) is 82.5 Å². The van der Waals surface area contributed by atoms with Crippen molar-refractivity contribution in [3.63, 3.8) is 0 Å². The van der Waals surface area contributed by atoms with Crippen LogP contribution < -0.4 is 10.6 Å². The molecule has 136 valence electrons. The number of nitrogens with one attached hydrogen (secondary N) is 2. The van der Waals surface area contributed by atoms with E-state index in [2.05, 4.69) is 36.5 Å². The maximum Gasteiger partial charge on any atom is 0.258 e. The van der Waals surface area contributed by atoms with Crippen molar-refractivity contribution in [2.24, 2.45) is 4.99 Å². The van der Waals surface area contributed by atoms with E-state index < -0.39 is 11.7 Å². The van der Waals surface area contributed by atoms with Gasteiger partial charge in [-0.3, -0.25) is 15.1 Å². The number of benzene rings is 2. The van der Waals surface area contributed by atoms with Crippen LogP contribution in [0.25, 0.3) is 0 Å². The summed E-state index contributed by atoms with van der Waals surface area (Å²) in [7, 11) is 0. The number of guanidine groups is 1. The van der Waals surface area contributed by atoms with Gasteiger partial charge in [0.2, 0.25) is 5.96 Å². The molecule has 0 saturated carbocycles. The Morgan fingerprint density at radius 1 is 1.11 bits per heavy atom. The fourth-order valence-corrected chi connectivity index (χ4v) is 2.52. The second-order valence-corrected chi connectivity index (χ2v) is 6.54. The van der Waals surface area contributed by atoms with Crippen molar-refractivity contribution in [2.45, 2.75) is 6.54 Å². The lowest BCUT2D eigenvalue weighted by Gasteiger charge is -2.12. The first-order valence-electron chi connectivity index (χ1n) is 8.13. The molecule has 0 radical (unpaired) electrons. The van der Waals surface area contributed by atoms with Crippen LogP contribution in [0, 0.1) is 5.82 Å². The predicted molar refractivity (Wildman–Crippen MR) is 107 cm³/mol. The van der Waals surface area contributed by atoms with Crippen LogP contribution in [0.2, 0.25) is 0 Å². The topological polar surface area (TPSA) is 66.4 Å². The number of hydrogen-bond acceptors (Lipinski definition) is 3. The summed E-state index contributed by atoms with van der Waals surface area (Å²) < 4.78 is 14.3. The van der Waals surface area contributed by atoms with Gasteiger partial charge in [-0.25, -0.2) is 9.38 Å².